The molecule has 1 rings (SSSR count). The average molecular weight is 281 g/mol. The Kier molecular flexibility index (Phi) is 5.57. The number of aliphatic hydroxyl groups excluding tert-OH is 1. The largest absolute Gasteiger partial charge is 0.491 e. The first-order valence-corrected chi connectivity index (χ1v) is 6.97. The average Bonchev–Trinajstić information content (AvgIpc) is 2.34. The lowest BCUT2D eigenvalue weighted by atomic mass is 9.86. The molecule has 114 valence electrons. The summed E-state index contributed by atoms with van der Waals surface area (Å²) >= 11 is 0. The second-order valence-electron chi connectivity index (χ2n) is 6.34. The molecule has 0 spiro atoms. The summed E-state index contributed by atoms with van der Waals surface area (Å²) in [6, 6.07) is 7.71. The van der Waals surface area contributed by atoms with Gasteiger partial charge < -0.3 is 20.3 Å². The maximum Gasteiger partial charge on any atom is 0.119 e. The maximum absolute atomic E-state index is 10.0. The molecule has 0 radical (unpaired) electrons. The lowest BCUT2D eigenvalue weighted by molar-refractivity contribution is -0.0120. The minimum atomic E-state index is -0.871. The monoisotopic (exact) mass is 281 g/mol. The summed E-state index contributed by atoms with van der Waals surface area (Å²) in [6.07, 6.45) is -0.627. The molecule has 1 unspecified atom stereocenters. The van der Waals surface area contributed by atoms with Crippen LogP contribution < -0.4 is 10.1 Å². The summed E-state index contributed by atoms with van der Waals surface area (Å²) in [7, 11) is 0. The Morgan fingerprint density at radius 3 is 2.20 bits per heavy atom. The molecular weight excluding hydrogens is 254 g/mol. The van der Waals surface area contributed by atoms with Crippen LogP contribution >= 0.6 is 0 Å². The van der Waals surface area contributed by atoms with E-state index >= 15 is 0 Å². The van der Waals surface area contributed by atoms with Gasteiger partial charge in [0.2, 0.25) is 0 Å². The molecule has 0 aliphatic carbocycles. The quantitative estimate of drug-likeness (QED) is 0.714. The van der Waals surface area contributed by atoms with E-state index in [1.165, 1.54) is 5.56 Å². The van der Waals surface area contributed by atoms with E-state index in [0.29, 0.717) is 6.54 Å². The van der Waals surface area contributed by atoms with Gasteiger partial charge in [-0.25, -0.2) is 0 Å². The molecule has 1 atom stereocenters. The number of nitrogens with one attached hydrogen (secondary N) is 1. The summed E-state index contributed by atoms with van der Waals surface area (Å²) in [5.41, 5.74) is -0.186. The van der Waals surface area contributed by atoms with E-state index in [1.807, 2.05) is 45.0 Å². The van der Waals surface area contributed by atoms with E-state index in [9.17, 15) is 10.2 Å². The van der Waals surface area contributed by atoms with Crippen LogP contribution in [0.25, 0.3) is 0 Å². The van der Waals surface area contributed by atoms with Crippen molar-refractivity contribution < 1.29 is 14.9 Å². The van der Waals surface area contributed by atoms with Crippen LogP contribution in [0.15, 0.2) is 24.3 Å². The van der Waals surface area contributed by atoms with E-state index in [1.54, 1.807) is 13.8 Å². The first kappa shape index (κ1) is 17.0. The van der Waals surface area contributed by atoms with Crippen LogP contribution in [0.1, 0.15) is 33.3 Å². The van der Waals surface area contributed by atoms with Crippen molar-refractivity contribution in [2.75, 3.05) is 13.2 Å². The molecule has 20 heavy (non-hydrogen) atoms. The molecule has 4 heteroatoms. The number of benzene rings is 1. The molecule has 0 bridgehead atoms. The van der Waals surface area contributed by atoms with Gasteiger partial charge in [0.25, 0.3) is 0 Å². The predicted molar refractivity (Wildman–Crippen MR) is 81.1 cm³/mol. The molecule has 0 saturated heterocycles. The lowest BCUT2D eigenvalue weighted by Gasteiger charge is -2.38. The van der Waals surface area contributed by atoms with Gasteiger partial charge in [0, 0.05) is 12.1 Å². The molecule has 4 nitrogen and oxygen atoms in total. The smallest absolute Gasteiger partial charge is 0.119 e. The van der Waals surface area contributed by atoms with Gasteiger partial charge in [-0.3, -0.25) is 0 Å². The molecule has 0 amide bonds. The van der Waals surface area contributed by atoms with E-state index in [2.05, 4.69) is 5.32 Å². The predicted octanol–water partition coefficient (Wildman–Crippen LogP) is 1.87. The van der Waals surface area contributed by atoms with Gasteiger partial charge in [0.1, 0.15) is 18.5 Å². The van der Waals surface area contributed by atoms with Gasteiger partial charge in [-0.15, -0.1) is 0 Å². The third-order valence-electron chi connectivity index (χ3n) is 3.77. The molecular formula is C16H27NO3. The number of hydrogen-bond acceptors (Lipinski definition) is 4. The number of aliphatic hydroxyl groups is 2. The highest BCUT2D eigenvalue weighted by atomic mass is 16.5. The van der Waals surface area contributed by atoms with Gasteiger partial charge in [0.05, 0.1) is 5.60 Å². The van der Waals surface area contributed by atoms with Crippen molar-refractivity contribution in [2.45, 2.75) is 51.9 Å². The maximum atomic E-state index is 10.0. The van der Waals surface area contributed by atoms with Crippen molar-refractivity contribution in [2.24, 2.45) is 0 Å². The Bertz CT molecular complexity index is 407. The van der Waals surface area contributed by atoms with Crippen molar-refractivity contribution in [3.05, 3.63) is 29.8 Å². The molecule has 3 N–H and O–H groups in total. The van der Waals surface area contributed by atoms with Crippen LogP contribution in [-0.2, 0) is 0 Å². The van der Waals surface area contributed by atoms with Crippen molar-refractivity contribution in [3.63, 3.8) is 0 Å². The van der Waals surface area contributed by atoms with Crippen LogP contribution in [0.3, 0.4) is 0 Å². The van der Waals surface area contributed by atoms with Crippen molar-refractivity contribution in [1.82, 2.24) is 5.32 Å². The highest BCUT2D eigenvalue weighted by Gasteiger charge is 2.34. The Labute approximate surface area is 121 Å². The fourth-order valence-electron chi connectivity index (χ4n) is 1.48. The number of β-amino-alcohol motifs (C(OH)–C–C–N with tert-alkyl or cyclic N) is 1. The number of ether oxygens (including phenoxy) is 1. The standard InChI is InChI=1S/C16H27NO3/c1-12-6-8-14(9-7-12)20-11-13(18)10-17-15(2,3)16(4,5)19/h6-9,13,17-19H,10-11H2,1-5H3. The van der Waals surface area contributed by atoms with E-state index in [0.717, 1.165) is 5.75 Å². The summed E-state index contributed by atoms with van der Waals surface area (Å²) in [6.45, 7) is 9.90. The Balaban J connectivity index is 2.37. The van der Waals surface area contributed by atoms with Gasteiger partial charge in [0.15, 0.2) is 0 Å². The number of rotatable bonds is 7. The van der Waals surface area contributed by atoms with Crippen molar-refractivity contribution in [1.29, 1.82) is 0 Å². The van der Waals surface area contributed by atoms with Crippen molar-refractivity contribution >= 4 is 0 Å². The summed E-state index contributed by atoms with van der Waals surface area (Å²) in [4.78, 5) is 0. The first-order valence-electron chi connectivity index (χ1n) is 6.97. The third-order valence-corrected chi connectivity index (χ3v) is 3.77. The minimum absolute atomic E-state index is 0.220. The molecule has 1 aromatic carbocycles. The van der Waals surface area contributed by atoms with Gasteiger partial charge in [-0.2, -0.15) is 0 Å². The van der Waals surface area contributed by atoms with Crippen molar-refractivity contribution in [3.8, 4) is 5.75 Å². The zero-order valence-electron chi connectivity index (χ0n) is 13.1. The van der Waals surface area contributed by atoms with Gasteiger partial charge >= 0.3 is 0 Å². The number of aryl methyl sites for hydroxylation is 1. The van der Waals surface area contributed by atoms with Crippen LogP contribution in [0.4, 0.5) is 0 Å². The highest BCUT2D eigenvalue weighted by molar-refractivity contribution is 5.26. The highest BCUT2D eigenvalue weighted by Crippen LogP contribution is 2.20. The molecule has 0 aliphatic rings. The van der Waals surface area contributed by atoms with Gasteiger partial charge in [-0.05, 0) is 46.8 Å². The fraction of sp³-hybridized carbons (Fsp3) is 0.625. The van der Waals surface area contributed by atoms with E-state index in [-0.39, 0.29) is 6.61 Å². The fourth-order valence-corrected chi connectivity index (χ4v) is 1.48. The third kappa shape index (κ3) is 5.12. The topological polar surface area (TPSA) is 61.7 Å². The SMILES string of the molecule is Cc1ccc(OCC(O)CNC(C)(C)C(C)(C)O)cc1. The van der Waals surface area contributed by atoms with Gasteiger partial charge in [-0.1, -0.05) is 17.7 Å². The first-order chi connectivity index (χ1) is 9.12. The number of hydrogen-bond donors (Lipinski definition) is 3. The molecule has 0 fully saturated rings. The molecule has 0 aliphatic heterocycles. The van der Waals surface area contributed by atoms with Crippen LogP contribution in [0.5, 0.6) is 5.75 Å². The molecule has 0 heterocycles. The molecule has 0 saturated carbocycles. The van der Waals surface area contributed by atoms with Crippen LogP contribution in [0.2, 0.25) is 0 Å². The zero-order chi connectivity index (χ0) is 15.4. The van der Waals surface area contributed by atoms with Crippen LogP contribution in [-0.4, -0.2) is 40.6 Å². The Morgan fingerprint density at radius 1 is 1.15 bits per heavy atom. The molecule has 0 aromatic heterocycles. The summed E-state index contributed by atoms with van der Waals surface area (Å²) in [5, 5.41) is 23.1. The minimum Gasteiger partial charge on any atom is -0.491 e. The Hall–Kier alpha value is -1.10. The Morgan fingerprint density at radius 2 is 1.70 bits per heavy atom. The zero-order valence-corrected chi connectivity index (χ0v) is 13.1. The normalized spacial score (nSPS) is 14.2. The second-order valence-corrected chi connectivity index (χ2v) is 6.34. The second kappa shape index (κ2) is 6.57. The summed E-state index contributed by atoms with van der Waals surface area (Å²) < 4.78 is 5.52. The molecule has 1 aromatic rings. The summed E-state index contributed by atoms with van der Waals surface area (Å²) in [5.74, 6) is 0.747. The van der Waals surface area contributed by atoms with E-state index < -0.39 is 17.2 Å². The van der Waals surface area contributed by atoms with Crippen LogP contribution in [0, 0.1) is 6.92 Å². The van der Waals surface area contributed by atoms with E-state index in [4.69, 9.17) is 4.74 Å². The lowest BCUT2D eigenvalue weighted by Crippen LogP contribution is -2.57.